The molecule has 1 saturated heterocycles. The van der Waals surface area contributed by atoms with Crippen LogP contribution in [0.3, 0.4) is 0 Å². The van der Waals surface area contributed by atoms with E-state index in [0.717, 1.165) is 6.54 Å². The molecule has 1 aliphatic heterocycles. The number of aromatic carboxylic acids is 1. The highest BCUT2D eigenvalue weighted by Gasteiger charge is 2.24. The van der Waals surface area contributed by atoms with Crippen LogP contribution >= 0.6 is 0 Å². The van der Waals surface area contributed by atoms with Crippen LogP contribution in [0.15, 0.2) is 24.3 Å². The molecule has 17 heavy (non-hydrogen) atoms. The Morgan fingerprint density at radius 1 is 1.41 bits per heavy atom. The van der Waals surface area contributed by atoms with Crippen molar-refractivity contribution in [3.05, 3.63) is 35.4 Å². The second kappa shape index (κ2) is 5.32. The molecule has 2 rings (SSSR count). The number of likely N-dealkylation sites (tertiary alicyclic amines) is 1. The van der Waals surface area contributed by atoms with Gasteiger partial charge in [0, 0.05) is 6.04 Å². The first-order valence-electron chi connectivity index (χ1n) is 6.29. The summed E-state index contributed by atoms with van der Waals surface area (Å²) in [5.74, 6) is -0.853. The van der Waals surface area contributed by atoms with Crippen molar-refractivity contribution in [2.45, 2.75) is 32.2 Å². The van der Waals surface area contributed by atoms with E-state index in [4.69, 9.17) is 5.11 Å². The van der Waals surface area contributed by atoms with Gasteiger partial charge in [0.1, 0.15) is 0 Å². The number of carboxylic acids is 1. The maximum Gasteiger partial charge on any atom is 0.335 e. The van der Waals surface area contributed by atoms with Gasteiger partial charge in [-0.05, 0) is 50.0 Å². The standard InChI is InChI=1S/C14H19NO2/c1-2-9-15-10-3-4-13(15)11-5-7-12(8-6-11)14(16)17/h5-8,13H,2-4,9-10H2,1H3,(H,16,17). The highest BCUT2D eigenvalue weighted by atomic mass is 16.4. The van der Waals surface area contributed by atoms with Crippen LogP contribution in [-0.4, -0.2) is 29.1 Å². The molecule has 0 amide bonds. The zero-order chi connectivity index (χ0) is 12.3. The van der Waals surface area contributed by atoms with Crippen LogP contribution in [-0.2, 0) is 0 Å². The molecule has 1 fully saturated rings. The fraction of sp³-hybridized carbons (Fsp3) is 0.500. The lowest BCUT2D eigenvalue weighted by Crippen LogP contribution is -2.23. The molecule has 1 N–H and O–H groups in total. The minimum atomic E-state index is -0.853. The Kier molecular flexibility index (Phi) is 3.79. The van der Waals surface area contributed by atoms with Crippen LogP contribution < -0.4 is 0 Å². The molecule has 1 aromatic rings. The Bertz CT molecular complexity index is 386. The van der Waals surface area contributed by atoms with Crippen LogP contribution in [0.1, 0.15) is 48.1 Å². The van der Waals surface area contributed by atoms with Gasteiger partial charge < -0.3 is 5.11 Å². The predicted molar refractivity (Wildman–Crippen MR) is 67.2 cm³/mol. The fourth-order valence-electron chi connectivity index (χ4n) is 2.61. The third-order valence-corrected chi connectivity index (χ3v) is 3.42. The predicted octanol–water partition coefficient (Wildman–Crippen LogP) is 2.93. The van der Waals surface area contributed by atoms with E-state index in [1.54, 1.807) is 12.1 Å². The Balaban J connectivity index is 2.13. The SMILES string of the molecule is CCCN1CCCC1c1ccc(C(=O)O)cc1. The van der Waals surface area contributed by atoms with Gasteiger partial charge in [0.2, 0.25) is 0 Å². The molecule has 0 saturated carbocycles. The van der Waals surface area contributed by atoms with Gasteiger partial charge in [-0.25, -0.2) is 4.79 Å². The molecule has 0 aliphatic carbocycles. The normalized spacial score (nSPS) is 20.6. The van der Waals surface area contributed by atoms with Crippen molar-refractivity contribution < 1.29 is 9.90 Å². The van der Waals surface area contributed by atoms with E-state index in [1.165, 1.54) is 31.4 Å². The van der Waals surface area contributed by atoms with E-state index in [0.29, 0.717) is 11.6 Å². The molecule has 0 aromatic heterocycles. The molecule has 1 aromatic carbocycles. The number of nitrogens with zero attached hydrogens (tertiary/aromatic N) is 1. The number of hydrogen-bond acceptors (Lipinski definition) is 2. The smallest absolute Gasteiger partial charge is 0.335 e. The lowest BCUT2D eigenvalue weighted by atomic mass is 10.0. The van der Waals surface area contributed by atoms with Crippen molar-refractivity contribution in [2.75, 3.05) is 13.1 Å². The number of carboxylic acid groups (broad SMARTS) is 1. The quantitative estimate of drug-likeness (QED) is 0.869. The summed E-state index contributed by atoms with van der Waals surface area (Å²) in [6.07, 6.45) is 3.60. The Labute approximate surface area is 102 Å². The van der Waals surface area contributed by atoms with Crippen LogP contribution in [0, 0.1) is 0 Å². The molecule has 1 atom stereocenters. The molecule has 3 nitrogen and oxygen atoms in total. The fourth-order valence-corrected chi connectivity index (χ4v) is 2.61. The van der Waals surface area contributed by atoms with Gasteiger partial charge in [-0.15, -0.1) is 0 Å². The summed E-state index contributed by atoms with van der Waals surface area (Å²) in [4.78, 5) is 13.3. The summed E-state index contributed by atoms with van der Waals surface area (Å²) in [7, 11) is 0. The highest BCUT2D eigenvalue weighted by molar-refractivity contribution is 5.87. The van der Waals surface area contributed by atoms with Gasteiger partial charge in [0.05, 0.1) is 5.56 Å². The van der Waals surface area contributed by atoms with Gasteiger partial charge in [-0.3, -0.25) is 4.90 Å². The molecule has 1 unspecified atom stereocenters. The monoisotopic (exact) mass is 233 g/mol. The maximum absolute atomic E-state index is 10.8. The van der Waals surface area contributed by atoms with Crippen molar-refractivity contribution in [2.24, 2.45) is 0 Å². The topological polar surface area (TPSA) is 40.5 Å². The van der Waals surface area contributed by atoms with Gasteiger partial charge in [-0.2, -0.15) is 0 Å². The van der Waals surface area contributed by atoms with Crippen molar-refractivity contribution >= 4 is 5.97 Å². The Hall–Kier alpha value is -1.35. The highest BCUT2D eigenvalue weighted by Crippen LogP contribution is 2.31. The molecule has 92 valence electrons. The molecular formula is C14H19NO2. The maximum atomic E-state index is 10.8. The van der Waals surface area contributed by atoms with Crippen LogP contribution in [0.5, 0.6) is 0 Å². The van der Waals surface area contributed by atoms with Crippen LogP contribution in [0.4, 0.5) is 0 Å². The third-order valence-electron chi connectivity index (χ3n) is 3.42. The molecule has 3 heteroatoms. The average Bonchev–Trinajstić information content (AvgIpc) is 2.78. The van der Waals surface area contributed by atoms with E-state index in [1.807, 2.05) is 12.1 Å². The zero-order valence-electron chi connectivity index (χ0n) is 10.2. The summed E-state index contributed by atoms with van der Waals surface area (Å²) in [5.41, 5.74) is 1.62. The first-order chi connectivity index (χ1) is 8.22. The van der Waals surface area contributed by atoms with E-state index in [2.05, 4.69) is 11.8 Å². The summed E-state index contributed by atoms with van der Waals surface area (Å²) in [6.45, 7) is 4.49. The lowest BCUT2D eigenvalue weighted by molar-refractivity contribution is 0.0697. The summed E-state index contributed by atoms with van der Waals surface area (Å²) >= 11 is 0. The Morgan fingerprint density at radius 2 is 2.12 bits per heavy atom. The first-order valence-corrected chi connectivity index (χ1v) is 6.29. The van der Waals surface area contributed by atoms with Crippen LogP contribution in [0.25, 0.3) is 0 Å². The molecule has 1 heterocycles. The number of hydrogen-bond donors (Lipinski definition) is 1. The summed E-state index contributed by atoms with van der Waals surface area (Å²) in [6, 6.07) is 7.82. The van der Waals surface area contributed by atoms with Crippen molar-refractivity contribution in [3.8, 4) is 0 Å². The van der Waals surface area contributed by atoms with E-state index in [-0.39, 0.29) is 0 Å². The minimum Gasteiger partial charge on any atom is -0.478 e. The van der Waals surface area contributed by atoms with Gasteiger partial charge >= 0.3 is 5.97 Å². The second-order valence-electron chi connectivity index (χ2n) is 4.62. The molecular weight excluding hydrogens is 214 g/mol. The molecule has 0 bridgehead atoms. The number of benzene rings is 1. The molecule has 0 radical (unpaired) electrons. The summed E-state index contributed by atoms with van der Waals surface area (Å²) in [5, 5.41) is 8.87. The van der Waals surface area contributed by atoms with E-state index >= 15 is 0 Å². The minimum absolute atomic E-state index is 0.369. The first kappa shape index (κ1) is 12.1. The Morgan fingerprint density at radius 3 is 2.71 bits per heavy atom. The van der Waals surface area contributed by atoms with Gasteiger partial charge in [0.15, 0.2) is 0 Å². The number of rotatable bonds is 4. The largest absolute Gasteiger partial charge is 0.478 e. The second-order valence-corrected chi connectivity index (χ2v) is 4.62. The molecule has 1 aliphatic rings. The average molecular weight is 233 g/mol. The molecule has 0 spiro atoms. The lowest BCUT2D eigenvalue weighted by Gasteiger charge is -2.24. The number of carbonyl (C=O) groups is 1. The van der Waals surface area contributed by atoms with E-state index < -0.39 is 5.97 Å². The van der Waals surface area contributed by atoms with Crippen molar-refractivity contribution in [3.63, 3.8) is 0 Å². The zero-order valence-corrected chi connectivity index (χ0v) is 10.2. The van der Waals surface area contributed by atoms with E-state index in [9.17, 15) is 4.79 Å². The van der Waals surface area contributed by atoms with Gasteiger partial charge in [-0.1, -0.05) is 19.1 Å². The van der Waals surface area contributed by atoms with Crippen molar-refractivity contribution in [1.82, 2.24) is 4.90 Å². The third kappa shape index (κ3) is 2.67. The van der Waals surface area contributed by atoms with Crippen molar-refractivity contribution in [1.29, 1.82) is 0 Å². The summed E-state index contributed by atoms with van der Waals surface area (Å²) < 4.78 is 0. The van der Waals surface area contributed by atoms with Crippen LogP contribution in [0.2, 0.25) is 0 Å². The van der Waals surface area contributed by atoms with Gasteiger partial charge in [0.25, 0.3) is 0 Å².